The minimum Gasteiger partial charge on any atom is -0.366 e. The Morgan fingerprint density at radius 2 is 1.54 bits per heavy atom. The van der Waals surface area contributed by atoms with Gasteiger partial charge in [-0.15, -0.1) is 0 Å². The molecule has 0 saturated heterocycles. The van der Waals surface area contributed by atoms with Gasteiger partial charge in [-0.05, 0) is 61.4 Å². The smallest absolute Gasteiger partial charge is 0.338 e. The van der Waals surface area contributed by atoms with Gasteiger partial charge in [0.2, 0.25) is 5.91 Å². The van der Waals surface area contributed by atoms with E-state index in [0.717, 1.165) is 15.4 Å². The summed E-state index contributed by atoms with van der Waals surface area (Å²) in [5.41, 5.74) is 8.27. The molecule has 0 radical (unpaired) electrons. The summed E-state index contributed by atoms with van der Waals surface area (Å²) in [6, 6.07) is 10.4. The first-order chi connectivity index (χ1) is 11.3. The molecule has 0 saturated carbocycles. The monoisotopic (exact) mass is 343 g/mol. The molecule has 2 aromatic rings. The Balaban J connectivity index is 2.09. The van der Waals surface area contributed by atoms with Gasteiger partial charge in [-0.1, -0.05) is 18.9 Å². The number of nitrogens with one attached hydrogen (secondary N) is 1. The largest absolute Gasteiger partial charge is 0.366 e. The second kappa shape index (κ2) is 7.18. The Morgan fingerprint density at radius 1 is 0.958 bits per heavy atom. The number of imide groups is 1. The number of hydrogen-bond acceptors (Lipinski definition) is 4. The fourth-order valence-corrected chi connectivity index (χ4v) is 2.17. The van der Waals surface area contributed by atoms with Gasteiger partial charge in [-0.2, -0.15) is 0 Å². The molecule has 0 bridgehead atoms. The topological polar surface area (TPSA) is 92.5 Å². The SMILES string of the molecule is Cc1ccc(C(=O)NC(=O)N(S)c2ccc(C(N)=O)cc2)cc1C. The lowest BCUT2D eigenvalue weighted by Crippen LogP contribution is -2.38. The fraction of sp³-hybridized carbons (Fsp3) is 0.118. The first-order valence-corrected chi connectivity index (χ1v) is 7.51. The second-order valence-electron chi connectivity index (χ2n) is 5.28. The number of aryl methyl sites for hydroxylation is 2. The van der Waals surface area contributed by atoms with Gasteiger partial charge in [-0.3, -0.25) is 14.9 Å². The number of thiol groups is 1. The number of amides is 4. The third-order valence-corrected chi connectivity index (χ3v) is 3.99. The van der Waals surface area contributed by atoms with Crippen LogP contribution in [0.15, 0.2) is 42.5 Å². The molecule has 124 valence electrons. The molecule has 0 atom stereocenters. The van der Waals surface area contributed by atoms with Gasteiger partial charge in [0.05, 0.1) is 5.69 Å². The number of nitrogens with two attached hydrogens (primary N) is 1. The van der Waals surface area contributed by atoms with E-state index in [2.05, 4.69) is 18.1 Å². The normalized spacial score (nSPS) is 10.1. The molecule has 7 heteroatoms. The molecule has 0 heterocycles. The average Bonchev–Trinajstić information content (AvgIpc) is 2.56. The van der Waals surface area contributed by atoms with E-state index in [1.54, 1.807) is 12.1 Å². The van der Waals surface area contributed by atoms with Crippen LogP contribution in [0.1, 0.15) is 31.8 Å². The summed E-state index contributed by atoms with van der Waals surface area (Å²) in [5, 5.41) is 2.26. The number of primary amides is 1. The number of rotatable bonds is 3. The van der Waals surface area contributed by atoms with E-state index in [0.29, 0.717) is 16.8 Å². The molecular weight excluding hydrogens is 326 g/mol. The van der Waals surface area contributed by atoms with E-state index >= 15 is 0 Å². The van der Waals surface area contributed by atoms with Crippen LogP contribution in [-0.2, 0) is 0 Å². The van der Waals surface area contributed by atoms with Gasteiger partial charge in [0.1, 0.15) is 0 Å². The van der Waals surface area contributed by atoms with Gasteiger partial charge < -0.3 is 5.73 Å². The lowest BCUT2D eigenvalue weighted by atomic mass is 10.1. The van der Waals surface area contributed by atoms with Crippen molar-refractivity contribution in [2.24, 2.45) is 5.73 Å². The van der Waals surface area contributed by atoms with Gasteiger partial charge in [0.15, 0.2) is 0 Å². The highest BCUT2D eigenvalue weighted by Crippen LogP contribution is 2.17. The summed E-state index contributed by atoms with van der Waals surface area (Å²) in [4.78, 5) is 35.3. The van der Waals surface area contributed by atoms with Crippen molar-refractivity contribution in [3.63, 3.8) is 0 Å². The van der Waals surface area contributed by atoms with E-state index in [9.17, 15) is 14.4 Å². The van der Waals surface area contributed by atoms with Crippen molar-refractivity contribution in [1.29, 1.82) is 0 Å². The van der Waals surface area contributed by atoms with Gasteiger partial charge in [-0.25, -0.2) is 9.10 Å². The van der Waals surface area contributed by atoms with Crippen LogP contribution in [0.2, 0.25) is 0 Å². The van der Waals surface area contributed by atoms with Crippen molar-refractivity contribution in [3.8, 4) is 0 Å². The zero-order valence-electron chi connectivity index (χ0n) is 13.2. The molecule has 0 unspecified atom stereocenters. The first-order valence-electron chi connectivity index (χ1n) is 7.11. The highest BCUT2D eigenvalue weighted by Gasteiger charge is 2.17. The summed E-state index contributed by atoms with van der Waals surface area (Å²) < 4.78 is 0.976. The molecular formula is C17H17N3O3S. The van der Waals surface area contributed by atoms with Crippen molar-refractivity contribution in [1.82, 2.24) is 5.32 Å². The van der Waals surface area contributed by atoms with Crippen molar-refractivity contribution in [2.45, 2.75) is 13.8 Å². The van der Waals surface area contributed by atoms with Crippen LogP contribution in [0.25, 0.3) is 0 Å². The molecule has 0 aromatic heterocycles. The molecule has 6 nitrogen and oxygen atoms in total. The summed E-state index contributed by atoms with van der Waals surface area (Å²) in [5.74, 6) is -1.09. The highest BCUT2D eigenvalue weighted by atomic mass is 32.1. The Labute approximate surface area is 145 Å². The van der Waals surface area contributed by atoms with Crippen molar-refractivity contribution in [3.05, 3.63) is 64.7 Å². The molecule has 24 heavy (non-hydrogen) atoms. The number of urea groups is 1. The molecule has 0 aliphatic heterocycles. The van der Waals surface area contributed by atoms with Crippen LogP contribution >= 0.6 is 12.8 Å². The lowest BCUT2D eigenvalue weighted by molar-refractivity contribution is 0.0964. The van der Waals surface area contributed by atoms with E-state index in [4.69, 9.17) is 5.73 Å². The second-order valence-corrected chi connectivity index (χ2v) is 5.68. The molecule has 2 aromatic carbocycles. The maximum Gasteiger partial charge on any atom is 0.338 e. The Hall–Kier alpha value is -2.80. The predicted molar refractivity (Wildman–Crippen MR) is 95.2 cm³/mol. The lowest BCUT2D eigenvalue weighted by Gasteiger charge is -2.16. The molecule has 3 N–H and O–H groups in total. The zero-order valence-corrected chi connectivity index (χ0v) is 14.1. The summed E-state index contributed by atoms with van der Waals surface area (Å²) in [6.45, 7) is 3.83. The molecule has 0 aliphatic carbocycles. The van der Waals surface area contributed by atoms with Crippen LogP contribution in [0.4, 0.5) is 10.5 Å². The molecule has 2 rings (SSSR count). The zero-order chi connectivity index (χ0) is 17.9. The third-order valence-electron chi connectivity index (χ3n) is 3.58. The maximum atomic E-state index is 12.1. The number of hydrogen-bond donors (Lipinski definition) is 3. The minimum atomic E-state index is -0.701. The molecule has 4 amide bonds. The minimum absolute atomic E-state index is 0.312. The van der Waals surface area contributed by atoms with Gasteiger partial charge in [0, 0.05) is 11.1 Å². The summed E-state index contributed by atoms with van der Waals surface area (Å²) in [7, 11) is 0. The molecule has 0 fully saturated rings. The van der Waals surface area contributed by atoms with Gasteiger partial charge >= 0.3 is 6.03 Å². The Morgan fingerprint density at radius 3 is 2.08 bits per heavy atom. The van der Waals surface area contributed by atoms with Gasteiger partial charge in [0.25, 0.3) is 5.91 Å². The van der Waals surface area contributed by atoms with Crippen molar-refractivity contribution in [2.75, 3.05) is 4.31 Å². The van der Waals surface area contributed by atoms with Crippen molar-refractivity contribution < 1.29 is 14.4 Å². The molecule has 0 spiro atoms. The van der Waals surface area contributed by atoms with E-state index < -0.39 is 17.8 Å². The van der Waals surface area contributed by atoms with E-state index in [1.807, 2.05) is 19.9 Å². The summed E-state index contributed by atoms with van der Waals surface area (Å²) >= 11 is 4.08. The van der Waals surface area contributed by atoms with Crippen LogP contribution < -0.4 is 15.4 Å². The third kappa shape index (κ3) is 3.94. The highest BCUT2D eigenvalue weighted by molar-refractivity contribution is 7.82. The first kappa shape index (κ1) is 17.6. The standard InChI is InChI=1S/C17H17N3O3S/c1-10-3-4-13(9-11(10)2)16(22)19-17(23)20(24)14-7-5-12(6-8-14)15(18)21/h3-9,24H,1-2H3,(H2,18,21)(H,19,22,23). The quantitative estimate of drug-likeness (QED) is 0.748. The average molecular weight is 343 g/mol. The van der Waals surface area contributed by atoms with Crippen LogP contribution in [-0.4, -0.2) is 17.8 Å². The number of anilines is 1. The number of carbonyl (C=O) groups is 3. The van der Waals surface area contributed by atoms with E-state index in [-0.39, 0.29) is 0 Å². The number of nitrogens with zero attached hydrogens (tertiary/aromatic N) is 1. The fourth-order valence-electron chi connectivity index (χ4n) is 1.99. The Bertz CT molecular complexity index is 803. The molecule has 0 aliphatic rings. The van der Waals surface area contributed by atoms with Crippen LogP contribution in [0.5, 0.6) is 0 Å². The van der Waals surface area contributed by atoms with E-state index in [1.165, 1.54) is 24.3 Å². The van der Waals surface area contributed by atoms with Crippen molar-refractivity contribution >= 4 is 36.3 Å². The Kier molecular flexibility index (Phi) is 5.25. The number of benzene rings is 2. The summed E-state index contributed by atoms with van der Waals surface area (Å²) in [6.07, 6.45) is 0. The number of carbonyl (C=O) groups excluding carboxylic acids is 3. The predicted octanol–water partition coefficient (Wildman–Crippen LogP) is 2.60. The maximum absolute atomic E-state index is 12.1. The van der Waals surface area contributed by atoms with Crippen LogP contribution in [0.3, 0.4) is 0 Å². The van der Waals surface area contributed by atoms with Crippen LogP contribution in [0, 0.1) is 13.8 Å².